The van der Waals surface area contributed by atoms with Crippen LogP contribution in [0.25, 0.3) is 22.6 Å². The molecule has 0 N–H and O–H groups in total. The van der Waals surface area contributed by atoms with E-state index in [1.165, 1.54) is 22.2 Å². The van der Waals surface area contributed by atoms with Crippen LogP contribution in [0.3, 0.4) is 0 Å². The summed E-state index contributed by atoms with van der Waals surface area (Å²) in [5.74, 6) is 1.81. The summed E-state index contributed by atoms with van der Waals surface area (Å²) in [7, 11) is 2.11. The molecule has 0 atom stereocenters. The maximum atomic E-state index is 6.32. The van der Waals surface area contributed by atoms with E-state index in [0.717, 1.165) is 41.4 Å². The van der Waals surface area contributed by atoms with Gasteiger partial charge in [-0.05, 0) is 49.8 Å². The molecule has 3 nitrogen and oxygen atoms in total. The van der Waals surface area contributed by atoms with Crippen molar-refractivity contribution in [3.63, 3.8) is 0 Å². The van der Waals surface area contributed by atoms with Gasteiger partial charge in [-0.2, -0.15) is 4.57 Å². The highest BCUT2D eigenvalue weighted by molar-refractivity contribution is 5.90. The van der Waals surface area contributed by atoms with Gasteiger partial charge in [-0.15, -0.1) is 0 Å². The first-order chi connectivity index (χ1) is 16.2. The minimum atomic E-state index is 0.901. The Morgan fingerprint density at radius 3 is 2.42 bits per heavy atom. The Morgan fingerprint density at radius 1 is 0.818 bits per heavy atom. The summed E-state index contributed by atoms with van der Waals surface area (Å²) < 4.78 is 8.55. The van der Waals surface area contributed by atoms with E-state index in [1.54, 1.807) is 0 Å². The average Bonchev–Trinajstić information content (AvgIpc) is 2.85. The van der Waals surface area contributed by atoms with Gasteiger partial charge < -0.3 is 9.64 Å². The number of aryl methyl sites for hydroxylation is 1. The second-order valence-electron chi connectivity index (χ2n) is 8.27. The molecule has 3 heteroatoms. The topological polar surface area (TPSA) is 16.4 Å². The van der Waals surface area contributed by atoms with Crippen LogP contribution in [0.5, 0.6) is 11.5 Å². The summed E-state index contributed by atoms with van der Waals surface area (Å²) in [6.07, 6.45) is 6.51. The van der Waals surface area contributed by atoms with Crippen LogP contribution in [0.4, 0.5) is 5.69 Å². The van der Waals surface area contributed by atoms with E-state index in [1.807, 2.05) is 12.1 Å². The van der Waals surface area contributed by atoms with Gasteiger partial charge in [0.15, 0.2) is 0 Å². The SMILES string of the molecule is CCN(CC)c1ccc2c(c1)Oc1ccccc1/C2=C\C=C\c1ccc2ccccc2[n+]1C. The summed E-state index contributed by atoms with van der Waals surface area (Å²) in [6.45, 7) is 6.31. The van der Waals surface area contributed by atoms with Crippen molar-refractivity contribution in [3.05, 3.63) is 108 Å². The molecule has 1 aliphatic rings. The minimum Gasteiger partial charge on any atom is -0.456 e. The van der Waals surface area contributed by atoms with Crippen LogP contribution >= 0.6 is 0 Å². The third-order valence-electron chi connectivity index (χ3n) is 6.43. The lowest BCUT2D eigenvalue weighted by Crippen LogP contribution is -2.32. The molecule has 1 aromatic heterocycles. The third-order valence-corrected chi connectivity index (χ3v) is 6.43. The molecule has 0 bridgehead atoms. The molecule has 0 spiro atoms. The number of fused-ring (bicyclic) bond motifs is 3. The van der Waals surface area contributed by atoms with Crippen LogP contribution in [0, 0.1) is 0 Å². The fraction of sp³-hybridized carbons (Fsp3) is 0.167. The summed E-state index contributed by atoms with van der Waals surface area (Å²) >= 11 is 0. The maximum Gasteiger partial charge on any atom is 0.212 e. The number of hydrogen-bond acceptors (Lipinski definition) is 2. The van der Waals surface area contributed by atoms with E-state index in [4.69, 9.17) is 4.74 Å². The van der Waals surface area contributed by atoms with Crippen molar-refractivity contribution in [1.29, 1.82) is 0 Å². The van der Waals surface area contributed by atoms with Gasteiger partial charge in [0, 0.05) is 59.6 Å². The van der Waals surface area contributed by atoms with E-state index in [2.05, 4.69) is 115 Å². The lowest BCUT2D eigenvalue weighted by Gasteiger charge is -2.26. The van der Waals surface area contributed by atoms with Crippen LogP contribution < -0.4 is 14.2 Å². The van der Waals surface area contributed by atoms with Crippen LogP contribution in [0.1, 0.15) is 30.7 Å². The number of para-hydroxylation sites is 2. The second-order valence-corrected chi connectivity index (χ2v) is 8.27. The number of pyridine rings is 1. The second kappa shape index (κ2) is 8.95. The largest absolute Gasteiger partial charge is 0.456 e. The van der Waals surface area contributed by atoms with E-state index in [9.17, 15) is 0 Å². The van der Waals surface area contributed by atoms with Crippen LogP contribution in [0.15, 0.2) is 91.0 Å². The molecule has 2 heterocycles. The Labute approximate surface area is 195 Å². The van der Waals surface area contributed by atoms with Crippen LogP contribution in [0.2, 0.25) is 0 Å². The molecule has 0 unspecified atom stereocenters. The van der Waals surface area contributed by atoms with Gasteiger partial charge in [-0.1, -0.05) is 42.5 Å². The number of rotatable bonds is 5. The zero-order valence-electron chi connectivity index (χ0n) is 19.5. The highest BCUT2D eigenvalue weighted by atomic mass is 16.5. The monoisotopic (exact) mass is 433 g/mol. The maximum absolute atomic E-state index is 6.32. The van der Waals surface area contributed by atoms with Crippen molar-refractivity contribution in [2.45, 2.75) is 13.8 Å². The van der Waals surface area contributed by atoms with E-state index >= 15 is 0 Å². The molecular formula is C30H29N2O+. The quantitative estimate of drug-likeness (QED) is 0.285. The predicted octanol–water partition coefficient (Wildman–Crippen LogP) is 6.76. The molecule has 0 amide bonds. The van der Waals surface area contributed by atoms with E-state index < -0.39 is 0 Å². The molecule has 0 radical (unpaired) electrons. The lowest BCUT2D eigenvalue weighted by atomic mass is 9.93. The molecule has 0 saturated heterocycles. The zero-order valence-corrected chi connectivity index (χ0v) is 19.5. The normalized spacial score (nSPS) is 13.7. The molecule has 4 aromatic rings. The van der Waals surface area contributed by atoms with Gasteiger partial charge in [0.25, 0.3) is 0 Å². The Morgan fingerprint density at radius 2 is 1.58 bits per heavy atom. The number of anilines is 1. The van der Waals surface area contributed by atoms with Crippen LogP contribution in [-0.2, 0) is 7.05 Å². The van der Waals surface area contributed by atoms with Gasteiger partial charge in [-0.25, -0.2) is 0 Å². The summed E-state index contributed by atoms with van der Waals surface area (Å²) in [5.41, 5.74) is 6.99. The first-order valence-electron chi connectivity index (χ1n) is 11.6. The van der Waals surface area contributed by atoms with Crippen molar-refractivity contribution >= 4 is 28.2 Å². The number of aromatic nitrogens is 1. The molecule has 0 fully saturated rings. The molecule has 0 saturated carbocycles. The Kier molecular flexibility index (Phi) is 5.70. The molecule has 1 aliphatic heterocycles. The Balaban J connectivity index is 1.56. The first-order valence-corrected chi connectivity index (χ1v) is 11.6. The van der Waals surface area contributed by atoms with E-state index in [0.29, 0.717) is 0 Å². The van der Waals surface area contributed by atoms with Crippen molar-refractivity contribution in [2.75, 3.05) is 18.0 Å². The Bertz CT molecular complexity index is 1380. The lowest BCUT2D eigenvalue weighted by molar-refractivity contribution is -0.646. The number of hydrogen-bond donors (Lipinski definition) is 0. The zero-order chi connectivity index (χ0) is 22.8. The summed E-state index contributed by atoms with van der Waals surface area (Å²) in [4.78, 5) is 2.34. The van der Waals surface area contributed by atoms with Crippen molar-refractivity contribution in [3.8, 4) is 11.5 Å². The standard InChI is InChI=1S/C30H29N2O/c1-4-32(5-2)24-19-20-27-25(26-13-7-9-16-29(26)33-30(27)21-24)14-10-12-23-18-17-22-11-6-8-15-28(22)31(23)3/h6-21H,4-5H2,1-3H3/q+1. The summed E-state index contributed by atoms with van der Waals surface area (Å²) in [5, 5.41) is 1.24. The average molecular weight is 434 g/mol. The van der Waals surface area contributed by atoms with Crippen LogP contribution in [-0.4, -0.2) is 13.1 Å². The fourth-order valence-corrected chi connectivity index (χ4v) is 4.59. The van der Waals surface area contributed by atoms with Gasteiger partial charge in [0.05, 0.1) is 0 Å². The molecule has 3 aromatic carbocycles. The number of allylic oxidation sites excluding steroid dienone is 2. The number of nitrogens with zero attached hydrogens (tertiary/aromatic N) is 2. The van der Waals surface area contributed by atoms with Gasteiger partial charge in [0.2, 0.25) is 11.2 Å². The first kappa shape index (κ1) is 21.0. The predicted molar refractivity (Wildman–Crippen MR) is 138 cm³/mol. The molecule has 0 aliphatic carbocycles. The van der Waals surface area contributed by atoms with Crippen molar-refractivity contribution in [2.24, 2.45) is 7.05 Å². The molecule has 5 rings (SSSR count). The van der Waals surface area contributed by atoms with E-state index in [-0.39, 0.29) is 0 Å². The molecular weight excluding hydrogens is 404 g/mol. The van der Waals surface area contributed by atoms with Gasteiger partial charge >= 0.3 is 0 Å². The highest BCUT2D eigenvalue weighted by Crippen LogP contribution is 2.44. The minimum absolute atomic E-state index is 0.901. The summed E-state index contributed by atoms with van der Waals surface area (Å²) in [6, 6.07) is 27.6. The van der Waals surface area contributed by atoms with Gasteiger partial charge in [0.1, 0.15) is 18.5 Å². The highest BCUT2D eigenvalue weighted by Gasteiger charge is 2.22. The number of ether oxygens (including phenoxy) is 1. The fourth-order valence-electron chi connectivity index (χ4n) is 4.59. The number of benzene rings is 3. The van der Waals surface area contributed by atoms with Gasteiger partial charge in [-0.3, -0.25) is 0 Å². The van der Waals surface area contributed by atoms with Crippen molar-refractivity contribution < 1.29 is 9.30 Å². The molecule has 164 valence electrons. The van der Waals surface area contributed by atoms with Crippen molar-refractivity contribution in [1.82, 2.24) is 0 Å². The third kappa shape index (κ3) is 3.91. The smallest absolute Gasteiger partial charge is 0.212 e. The molecule has 33 heavy (non-hydrogen) atoms. The Hall–Kier alpha value is -3.85.